The maximum Gasteiger partial charge on any atom is 0.339 e. The van der Waals surface area contributed by atoms with Crippen molar-refractivity contribution in [1.29, 1.82) is 0 Å². The quantitative estimate of drug-likeness (QED) is 0.464. The molecule has 5 nitrogen and oxygen atoms in total. The Hall–Kier alpha value is -1.62. The zero-order chi connectivity index (χ0) is 12.2. The molecule has 84 valence electrons. The monoisotopic (exact) mass is 214 g/mol. The number of carboxylic acid groups (broad SMARTS) is 2. The second-order valence-corrected chi connectivity index (χ2v) is 3.28. The molecule has 0 aliphatic rings. The third-order valence-electron chi connectivity index (χ3n) is 2.13. The van der Waals surface area contributed by atoms with Crippen molar-refractivity contribution < 1.29 is 24.9 Å². The molecule has 0 radical (unpaired) electrons. The zero-order valence-electron chi connectivity index (χ0n) is 8.65. The lowest BCUT2D eigenvalue weighted by Crippen LogP contribution is -2.37. The van der Waals surface area contributed by atoms with E-state index in [0.717, 1.165) is 6.92 Å². The van der Waals surface area contributed by atoms with E-state index in [0.29, 0.717) is 0 Å². The predicted molar refractivity (Wildman–Crippen MR) is 53.4 cm³/mol. The molecule has 0 amide bonds. The first kappa shape index (κ1) is 13.4. The molecule has 3 N–H and O–H groups in total. The fraction of sp³-hybridized carbons (Fsp3) is 0.400. The van der Waals surface area contributed by atoms with Crippen molar-refractivity contribution in [3.8, 4) is 0 Å². The second kappa shape index (κ2) is 4.75. The highest BCUT2D eigenvalue weighted by molar-refractivity contribution is 5.88. The Balaban J connectivity index is 4.78. The number of allylic oxidation sites excluding steroid dienone is 1. The summed E-state index contributed by atoms with van der Waals surface area (Å²) in [6, 6.07) is 0. The first-order chi connectivity index (χ1) is 6.73. The van der Waals surface area contributed by atoms with Gasteiger partial charge in [-0.05, 0) is 19.4 Å². The summed E-state index contributed by atoms with van der Waals surface area (Å²) in [5.41, 5.74) is -2.17. The molecule has 1 atom stereocenters. The summed E-state index contributed by atoms with van der Waals surface area (Å²) >= 11 is 0. The first-order valence-corrected chi connectivity index (χ1v) is 4.26. The van der Waals surface area contributed by atoms with E-state index in [1.807, 2.05) is 0 Å². The molecule has 0 aromatic rings. The average molecular weight is 214 g/mol. The normalized spacial score (nSPS) is 15.5. The van der Waals surface area contributed by atoms with E-state index < -0.39 is 17.5 Å². The molecule has 0 aliphatic carbocycles. The smallest absolute Gasteiger partial charge is 0.339 e. The second-order valence-electron chi connectivity index (χ2n) is 3.28. The van der Waals surface area contributed by atoms with Gasteiger partial charge in [0.1, 0.15) is 0 Å². The summed E-state index contributed by atoms with van der Waals surface area (Å²) in [5.74, 6) is -2.60. The highest BCUT2D eigenvalue weighted by Crippen LogP contribution is 2.22. The van der Waals surface area contributed by atoms with Gasteiger partial charge in [0.25, 0.3) is 0 Å². The summed E-state index contributed by atoms with van der Waals surface area (Å²) in [4.78, 5) is 21.2. The van der Waals surface area contributed by atoms with Gasteiger partial charge in [-0.2, -0.15) is 0 Å². The fourth-order valence-electron chi connectivity index (χ4n) is 0.854. The lowest BCUT2D eigenvalue weighted by Gasteiger charge is -2.20. The Morgan fingerprint density at radius 1 is 1.40 bits per heavy atom. The van der Waals surface area contributed by atoms with Crippen LogP contribution in [0.3, 0.4) is 0 Å². The summed E-state index contributed by atoms with van der Waals surface area (Å²) < 4.78 is 0. The molecule has 0 heterocycles. The van der Waals surface area contributed by atoms with Crippen LogP contribution >= 0.6 is 0 Å². The van der Waals surface area contributed by atoms with Crippen molar-refractivity contribution in [3.05, 3.63) is 23.8 Å². The van der Waals surface area contributed by atoms with Crippen LogP contribution in [0.25, 0.3) is 0 Å². The lowest BCUT2D eigenvalue weighted by atomic mass is 9.91. The van der Waals surface area contributed by atoms with Crippen molar-refractivity contribution in [1.82, 2.24) is 0 Å². The molecule has 0 bridgehead atoms. The number of carbonyl (C=O) groups is 2. The maximum absolute atomic E-state index is 10.6. The molecule has 5 heteroatoms. The molecule has 0 saturated heterocycles. The number of carboxylic acids is 2. The molecule has 0 aromatic carbocycles. The van der Waals surface area contributed by atoms with Gasteiger partial charge in [0, 0.05) is 12.0 Å². The van der Waals surface area contributed by atoms with Gasteiger partial charge >= 0.3 is 11.9 Å². The van der Waals surface area contributed by atoms with Crippen molar-refractivity contribution in [2.24, 2.45) is 0 Å². The van der Waals surface area contributed by atoms with E-state index in [9.17, 15) is 14.7 Å². The van der Waals surface area contributed by atoms with Crippen LogP contribution in [-0.4, -0.2) is 32.9 Å². The molecule has 0 aliphatic heterocycles. The van der Waals surface area contributed by atoms with Gasteiger partial charge in [-0.25, -0.2) is 9.59 Å². The minimum Gasteiger partial charge on any atom is -0.479 e. The van der Waals surface area contributed by atoms with E-state index >= 15 is 0 Å². The molecule has 0 fully saturated rings. The van der Waals surface area contributed by atoms with Crippen LogP contribution in [-0.2, 0) is 9.59 Å². The zero-order valence-corrected chi connectivity index (χ0v) is 8.65. The number of aliphatic hydroxyl groups is 1. The van der Waals surface area contributed by atoms with Gasteiger partial charge in [0.15, 0.2) is 5.60 Å². The summed E-state index contributed by atoms with van der Waals surface area (Å²) in [6.45, 7) is 5.97. The van der Waals surface area contributed by atoms with Crippen molar-refractivity contribution in [2.45, 2.75) is 25.9 Å². The van der Waals surface area contributed by atoms with Gasteiger partial charge in [-0.3, -0.25) is 0 Å². The number of rotatable bonds is 5. The molecule has 0 rings (SSSR count). The molecule has 0 unspecified atom stereocenters. The molecule has 0 spiro atoms. The van der Waals surface area contributed by atoms with Crippen molar-refractivity contribution >= 4 is 11.9 Å². The predicted octanol–water partition coefficient (Wildman–Crippen LogP) is 0.799. The van der Waals surface area contributed by atoms with Crippen LogP contribution in [0.1, 0.15) is 20.3 Å². The average Bonchev–Trinajstić information content (AvgIpc) is 2.12. The van der Waals surface area contributed by atoms with E-state index in [4.69, 9.17) is 10.2 Å². The van der Waals surface area contributed by atoms with Gasteiger partial charge in [-0.1, -0.05) is 12.7 Å². The summed E-state index contributed by atoms with van der Waals surface area (Å²) in [6.07, 6.45) is 1.16. The Bertz CT molecular complexity index is 325. The van der Waals surface area contributed by atoms with E-state index in [1.165, 1.54) is 13.0 Å². The van der Waals surface area contributed by atoms with Gasteiger partial charge in [0.2, 0.25) is 0 Å². The largest absolute Gasteiger partial charge is 0.479 e. The Labute approximate surface area is 87.4 Å². The van der Waals surface area contributed by atoms with Crippen molar-refractivity contribution in [3.63, 3.8) is 0 Å². The van der Waals surface area contributed by atoms with E-state index in [-0.39, 0.29) is 17.6 Å². The maximum atomic E-state index is 10.6. The van der Waals surface area contributed by atoms with Crippen LogP contribution < -0.4 is 0 Å². The fourth-order valence-corrected chi connectivity index (χ4v) is 0.854. The minimum absolute atomic E-state index is 0.00141. The molecule has 15 heavy (non-hydrogen) atoms. The standard InChI is InChI=1S/C10H14O5/c1-4-7(8(11)12)5-6(2)10(3,15)9(13)14/h4,15H,2,5H2,1,3H3,(H,11,12)(H,13,14)/b7-4+/t10-/m0/s1. The van der Waals surface area contributed by atoms with E-state index in [1.54, 1.807) is 0 Å². The first-order valence-electron chi connectivity index (χ1n) is 4.26. The molecule has 0 aromatic heterocycles. The van der Waals surface area contributed by atoms with Gasteiger partial charge < -0.3 is 15.3 Å². The third-order valence-corrected chi connectivity index (χ3v) is 2.13. The highest BCUT2D eigenvalue weighted by Gasteiger charge is 2.33. The number of hydrogen-bond acceptors (Lipinski definition) is 3. The van der Waals surface area contributed by atoms with Crippen LogP contribution in [0.15, 0.2) is 23.8 Å². The van der Waals surface area contributed by atoms with Gasteiger partial charge in [0.05, 0.1) is 0 Å². The SMILES string of the molecule is C=C(C/C(=C\C)C(=O)O)[C@](C)(O)C(=O)O. The topological polar surface area (TPSA) is 94.8 Å². The van der Waals surface area contributed by atoms with E-state index in [2.05, 4.69) is 6.58 Å². The summed E-state index contributed by atoms with van der Waals surface area (Å²) in [7, 11) is 0. The molecular formula is C10H14O5. The van der Waals surface area contributed by atoms with Crippen molar-refractivity contribution in [2.75, 3.05) is 0 Å². The van der Waals surface area contributed by atoms with Crippen LogP contribution in [0.5, 0.6) is 0 Å². The molecular weight excluding hydrogens is 200 g/mol. The van der Waals surface area contributed by atoms with Crippen LogP contribution in [0.4, 0.5) is 0 Å². The lowest BCUT2D eigenvalue weighted by molar-refractivity contribution is -0.153. The minimum atomic E-state index is -2.11. The Morgan fingerprint density at radius 3 is 2.13 bits per heavy atom. The van der Waals surface area contributed by atoms with Crippen LogP contribution in [0, 0.1) is 0 Å². The van der Waals surface area contributed by atoms with Gasteiger partial charge in [-0.15, -0.1) is 0 Å². The summed E-state index contributed by atoms with van der Waals surface area (Å²) in [5, 5.41) is 26.8. The Morgan fingerprint density at radius 2 is 1.87 bits per heavy atom. The highest BCUT2D eigenvalue weighted by atomic mass is 16.4. The number of aliphatic carboxylic acids is 2. The van der Waals surface area contributed by atoms with Crippen LogP contribution in [0.2, 0.25) is 0 Å². The molecule has 0 saturated carbocycles. The number of hydrogen-bond donors (Lipinski definition) is 3. The Kier molecular flexibility index (Phi) is 4.23. The third kappa shape index (κ3) is 3.21.